The van der Waals surface area contributed by atoms with E-state index in [2.05, 4.69) is 6.07 Å². The molecule has 0 aromatic heterocycles. The Hall–Kier alpha value is -1.62. The van der Waals surface area contributed by atoms with Crippen LogP contribution in [0.5, 0.6) is 0 Å². The molecule has 0 fully saturated rings. The first-order valence-electron chi connectivity index (χ1n) is 3.89. The summed E-state index contributed by atoms with van der Waals surface area (Å²) in [7, 11) is 0. The van der Waals surface area contributed by atoms with E-state index >= 15 is 0 Å². The van der Waals surface area contributed by atoms with Crippen LogP contribution in [0.15, 0.2) is 24.3 Å². The Balaban J connectivity index is 2.51. The van der Waals surface area contributed by atoms with Crippen LogP contribution in [0.4, 0.5) is 0 Å². The minimum atomic E-state index is -0.220. The molecule has 2 nitrogen and oxygen atoms in total. The second-order valence-corrected chi connectivity index (χ2v) is 2.96. The Morgan fingerprint density at radius 3 is 2.83 bits per heavy atom. The second kappa shape index (κ2) is 2.46. The third-order valence-corrected chi connectivity index (χ3v) is 2.24. The molecule has 1 atom stereocenters. The van der Waals surface area contributed by atoms with Crippen molar-refractivity contribution in [1.82, 2.24) is 0 Å². The molecular formula is C10H8N2. The van der Waals surface area contributed by atoms with Crippen molar-refractivity contribution < 1.29 is 0 Å². The topological polar surface area (TPSA) is 47.6 Å². The van der Waals surface area contributed by atoms with Gasteiger partial charge in [-0.25, -0.2) is 0 Å². The van der Waals surface area contributed by atoms with Crippen molar-refractivity contribution >= 4 is 5.71 Å². The summed E-state index contributed by atoms with van der Waals surface area (Å²) in [4.78, 5) is 0. The molecule has 58 valence electrons. The maximum absolute atomic E-state index is 8.72. The van der Waals surface area contributed by atoms with Crippen LogP contribution < -0.4 is 0 Å². The van der Waals surface area contributed by atoms with E-state index in [-0.39, 0.29) is 5.92 Å². The summed E-state index contributed by atoms with van der Waals surface area (Å²) in [5.74, 6) is -0.220. The van der Waals surface area contributed by atoms with Gasteiger partial charge in [0.2, 0.25) is 0 Å². The summed E-state index contributed by atoms with van der Waals surface area (Å²) in [6, 6.07) is 9.90. The number of hydrogen-bond donors (Lipinski definition) is 1. The van der Waals surface area contributed by atoms with E-state index < -0.39 is 0 Å². The molecule has 12 heavy (non-hydrogen) atoms. The van der Waals surface area contributed by atoms with E-state index in [4.69, 9.17) is 10.7 Å². The van der Waals surface area contributed by atoms with E-state index in [1.54, 1.807) is 0 Å². The molecule has 0 radical (unpaired) electrons. The SMILES string of the molecule is N#CC1Cc2ccccc2C1=N. The van der Waals surface area contributed by atoms with Gasteiger partial charge in [0.15, 0.2) is 0 Å². The van der Waals surface area contributed by atoms with Gasteiger partial charge in [0.1, 0.15) is 0 Å². The molecule has 1 aromatic carbocycles. The van der Waals surface area contributed by atoms with Crippen LogP contribution in [0.3, 0.4) is 0 Å². The lowest BCUT2D eigenvalue weighted by Crippen LogP contribution is -2.05. The van der Waals surface area contributed by atoms with Crippen LogP contribution in [0, 0.1) is 22.7 Å². The summed E-state index contributed by atoms with van der Waals surface area (Å²) in [6.07, 6.45) is 0.714. The number of hydrogen-bond acceptors (Lipinski definition) is 2. The molecule has 0 heterocycles. The number of rotatable bonds is 0. The van der Waals surface area contributed by atoms with Crippen molar-refractivity contribution in [1.29, 1.82) is 10.7 Å². The van der Waals surface area contributed by atoms with Crippen molar-refractivity contribution in [3.63, 3.8) is 0 Å². The summed E-state index contributed by atoms with van der Waals surface area (Å²) in [5, 5.41) is 16.4. The van der Waals surface area contributed by atoms with Gasteiger partial charge in [-0.2, -0.15) is 5.26 Å². The smallest absolute Gasteiger partial charge is 0.0924 e. The van der Waals surface area contributed by atoms with E-state index in [0.29, 0.717) is 12.1 Å². The molecule has 1 aromatic rings. The van der Waals surface area contributed by atoms with Crippen molar-refractivity contribution in [3.8, 4) is 6.07 Å². The molecule has 0 bridgehead atoms. The van der Waals surface area contributed by atoms with Gasteiger partial charge in [-0.15, -0.1) is 0 Å². The zero-order valence-electron chi connectivity index (χ0n) is 6.54. The highest BCUT2D eigenvalue weighted by molar-refractivity contribution is 6.05. The van der Waals surface area contributed by atoms with E-state index in [9.17, 15) is 0 Å². The molecular weight excluding hydrogens is 148 g/mol. The maximum atomic E-state index is 8.72. The number of fused-ring (bicyclic) bond motifs is 1. The van der Waals surface area contributed by atoms with Gasteiger partial charge in [0, 0.05) is 0 Å². The van der Waals surface area contributed by atoms with Gasteiger partial charge in [-0.05, 0) is 17.5 Å². The van der Waals surface area contributed by atoms with E-state index in [0.717, 1.165) is 11.1 Å². The van der Waals surface area contributed by atoms with E-state index in [1.165, 1.54) is 0 Å². The number of benzene rings is 1. The first-order chi connectivity index (χ1) is 5.83. The number of nitriles is 1. The standard InChI is InChI=1S/C10H8N2/c11-6-8-5-7-3-1-2-4-9(7)10(8)12/h1-4,8,12H,5H2. The van der Waals surface area contributed by atoms with Crippen molar-refractivity contribution in [2.45, 2.75) is 6.42 Å². The van der Waals surface area contributed by atoms with Crippen LogP contribution in [-0.4, -0.2) is 5.71 Å². The Kier molecular flexibility index (Phi) is 1.44. The maximum Gasteiger partial charge on any atom is 0.0924 e. The number of nitrogens with zero attached hydrogens (tertiary/aromatic N) is 1. The fraction of sp³-hybridized carbons (Fsp3) is 0.200. The minimum Gasteiger partial charge on any atom is -0.303 e. The lowest BCUT2D eigenvalue weighted by Gasteiger charge is -1.95. The molecule has 0 saturated heterocycles. The fourth-order valence-electron chi connectivity index (χ4n) is 1.58. The molecule has 0 amide bonds. The Morgan fingerprint density at radius 2 is 2.17 bits per heavy atom. The summed E-state index contributed by atoms with van der Waals surface area (Å²) >= 11 is 0. The van der Waals surface area contributed by atoms with Gasteiger partial charge in [0.05, 0.1) is 17.7 Å². The molecule has 1 N–H and O–H groups in total. The fourth-order valence-corrected chi connectivity index (χ4v) is 1.58. The Morgan fingerprint density at radius 1 is 1.42 bits per heavy atom. The highest BCUT2D eigenvalue weighted by Gasteiger charge is 2.25. The molecule has 0 saturated carbocycles. The van der Waals surface area contributed by atoms with Gasteiger partial charge >= 0.3 is 0 Å². The summed E-state index contributed by atoms with van der Waals surface area (Å²) < 4.78 is 0. The highest BCUT2D eigenvalue weighted by Crippen LogP contribution is 2.25. The second-order valence-electron chi connectivity index (χ2n) is 2.96. The number of nitrogens with one attached hydrogen (secondary N) is 1. The average Bonchev–Trinajstić information content (AvgIpc) is 2.44. The van der Waals surface area contributed by atoms with Crippen molar-refractivity contribution in [2.75, 3.05) is 0 Å². The summed E-state index contributed by atoms with van der Waals surface area (Å²) in [6.45, 7) is 0. The zero-order chi connectivity index (χ0) is 8.55. The monoisotopic (exact) mass is 156 g/mol. The van der Waals surface area contributed by atoms with Crippen molar-refractivity contribution in [2.24, 2.45) is 5.92 Å². The molecule has 2 rings (SSSR count). The third kappa shape index (κ3) is 0.835. The Bertz CT molecular complexity index is 374. The van der Waals surface area contributed by atoms with Crippen LogP contribution in [0.25, 0.3) is 0 Å². The van der Waals surface area contributed by atoms with Gasteiger partial charge in [-0.3, -0.25) is 0 Å². The third-order valence-electron chi connectivity index (χ3n) is 2.24. The van der Waals surface area contributed by atoms with Crippen LogP contribution in [0.1, 0.15) is 11.1 Å². The highest BCUT2D eigenvalue weighted by atomic mass is 14.5. The van der Waals surface area contributed by atoms with Crippen molar-refractivity contribution in [3.05, 3.63) is 35.4 Å². The minimum absolute atomic E-state index is 0.220. The Labute approximate surface area is 71.0 Å². The van der Waals surface area contributed by atoms with Crippen LogP contribution in [0.2, 0.25) is 0 Å². The largest absolute Gasteiger partial charge is 0.303 e. The first-order valence-corrected chi connectivity index (χ1v) is 3.89. The van der Waals surface area contributed by atoms with Gasteiger partial charge in [0.25, 0.3) is 0 Å². The lowest BCUT2D eigenvalue weighted by molar-refractivity contribution is 0.898. The quantitative estimate of drug-likeness (QED) is 0.611. The molecule has 1 aliphatic carbocycles. The van der Waals surface area contributed by atoms with Gasteiger partial charge in [-0.1, -0.05) is 24.3 Å². The predicted octanol–water partition coefficient (Wildman–Crippen LogP) is 1.75. The van der Waals surface area contributed by atoms with Crippen LogP contribution in [-0.2, 0) is 6.42 Å². The molecule has 1 unspecified atom stereocenters. The molecule has 1 aliphatic rings. The molecule has 0 spiro atoms. The molecule has 0 aliphatic heterocycles. The van der Waals surface area contributed by atoms with Crippen LogP contribution >= 0.6 is 0 Å². The predicted molar refractivity (Wildman–Crippen MR) is 46.1 cm³/mol. The molecule has 2 heteroatoms. The average molecular weight is 156 g/mol. The normalized spacial score (nSPS) is 20.2. The van der Waals surface area contributed by atoms with E-state index in [1.807, 2.05) is 24.3 Å². The van der Waals surface area contributed by atoms with Gasteiger partial charge < -0.3 is 5.41 Å². The first kappa shape index (κ1) is 7.05. The summed E-state index contributed by atoms with van der Waals surface area (Å²) in [5.41, 5.74) is 2.56. The lowest BCUT2D eigenvalue weighted by atomic mass is 10.1. The zero-order valence-corrected chi connectivity index (χ0v) is 6.54.